The SMILES string of the molecule is CCN(CCO)C(=O)c1c(SC)nc(=O)[nH]c1C. The standard InChI is InChI=1S/C11H17N3O3S/c1-4-14(5-6-15)10(16)8-7(2)12-11(17)13-9(8)18-3/h15H,4-6H2,1-3H3,(H,12,13,17). The van der Waals surface area contributed by atoms with Crippen molar-refractivity contribution in [2.75, 3.05) is 26.0 Å². The summed E-state index contributed by atoms with van der Waals surface area (Å²) >= 11 is 1.26. The van der Waals surface area contributed by atoms with Crippen molar-refractivity contribution in [1.82, 2.24) is 14.9 Å². The zero-order chi connectivity index (χ0) is 13.7. The molecule has 0 saturated carbocycles. The Morgan fingerprint density at radius 1 is 1.56 bits per heavy atom. The number of carbonyl (C=O) groups excluding carboxylic acids is 1. The minimum absolute atomic E-state index is 0.0932. The molecule has 0 spiro atoms. The van der Waals surface area contributed by atoms with E-state index in [9.17, 15) is 9.59 Å². The van der Waals surface area contributed by atoms with Gasteiger partial charge in [-0.05, 0) is 20.1 Å². The summed E-state index contributed by atoms with van der Waals surface area (Å²) in [6, 6.07) is 0. The summed E-state index contributed by atoms with van der Waals surface area (Å²) in [4.78, 5) is 31.4. The first kappa shape index (κ1) is 14.7. The molecule has 18 heavy (non-hydrogen) atoms. The molecule has 0 aromatic carbocycles. The third kappa shape index (κ3) is 3.11. The van der Waals surface area contributed by atoms with Gasteiger partial charge in [-0.25, -0.2) is 4.79 Å². The average Bonchev–Trinajstić information content (AvgIpc) is 2.34. The molecule has 1 heterocycles. The molecular formula is C11H17N3O3S. The quantitative estimate of drug-likeness (QED) is 0.592. The third-order valence-electron chi connectivity index (χ3n) is 2.53. The van der Waals surface area contributed by atoms with Gasteiger partial charge in [-0.2, -0.15) is 4.98 Å². The lowest BCUT2D eigenvalue weighted by Crippen LogP contribution is -2.35. The molecule has 1 rings (SSSR count). The lowest BCUT2D eigenvalue weighted by molar-refractivity contribution is 0.0726. The second kappa shape index (κ2) is 6.55. The Hall–Kier alpha value is -1.34. The number of aryl methyl sites for hydroxylation is 1. The van der Waals surface area contributed by atoms with E-state index in [1.54, 1.807) is 13.2 Å². The molecule has 2 N–H and O–H groups in total. The van der Waals surface area contributed by atoms with Gasteiger partial charge in [-0.15, -0.1) is 11.8 Å². The Bertz CT molecular complexity index is 487. The van der Waals surface area contributed by atoms with Crippen LogP contribution in [0.1, 0.15) is 23.0 Å². The first-order valence-corrected chi connectivity index (χ1v) is 6.82. The summed E-state index contributed by atoms with van der Waals surface area (Å²) in [7, 11) is 0. The monoisotopic (exact) mass is 271 g/mol. The highest BCUT2D eigenvalue weighted by atomic mass is 32.2. The Labute approximate surface area is 109 Å². The second-order valence-corrected chi connectivity index (χ2v) is 4.45. The Morgan fingerprint density at radius 3 is 2.72 bits per heavy atom. The fraction of sp³-hybridized carbons (Fsp3) is 0.545. The minimum Gasteiger partial charge on any atom is -0.395 e. The van der Waals surface area contributed by atoms with Gasteiger partial charge in [0.1, 0.15) is 5.03 Å². The highest BCUT2D eigenvalue weighted by Crippen LogP contribution is 2.19. The number of aliphatic hydroxyl groups is 1. The molecule has 0 bridgehead atoms. The highest BCUT2D eigenvalue weighted by Gasteiger charge is 2.21. The summed E-state index contributed by atoms with van der Waals surface area (Å²) in [5.41, 5.74) is 0.441. The van der Waals surface area contributed by atoms with E-state index in [0.29, 0.717) is 22.8 Å². The first-order chi connectivity index (χ1) is 8.54. The maximum absolute atomic E-state index is 12.3. The van der Waals surface area contributed by atoms with Crippen LogP contribution in [-0.4, -0.2) is 51.8 Å². The van der Waals surface area contributed by atoms with Crippen molar-refractivity contribution in [1.29, 1.82) is 0 Å². The summed E-state index contributed by atoms with van der Waals surface area (Å²) < 4.78 is 0. The molecule has 0 aliphatic carbocycles. The molecule has 0 fully saturated rings. The molecule has 1 aromatic rings. The molecule has 6 nitrogen and oxygen atoms in total. The number of aromatic nitrogens is 2. The number of rotatable bonds is 5. The molecule has 0 radical (unpaired) electrons. The lowest BCUT2D eigenvalue weighted by Gasteiger charge is -2.21. The van der Waals surface area contributed by atoms with Gasteiger partial charge < -0.3 is 15.0 Å². The number of thioether (sulfide) groups is 1. The first-order valence-electron chi connectivity index (χ1n) is 5.60. The minimum atomic E-state index is -0.460. The number of H-pyrrole nitrogens is 1. The molecule has 1 amide bonds. The number of nitrogens with one attached hydrogen (secondary N) is 1. The fourth-order valence-corrected chi connectivity index (χ4v) is 2.26. The van der Waals surface area contributed by atoms with Crippen LogP contribution < -0.4 is 5.69 Å². The van der Waals surface area contributed by atoms with E-state index >= 15 is 0 Å². The van der Waals surface area contributed by atoms with Crippen molar-refractivity contribution >= 4 is 17.7 Å². The summed E-state index contributed by atoms with van der Waals surface area (Å²) in [6.45, 7) is 4.17. The fourth-order valence-electron chi connectivity index (χ4n) is 1.64. The number of likely N-dealkylation sites (N-methyl/N-ethyl adjacent to an activating group) is 1. The average molecular weight is 271 g/mol. The molecule has 0 aliphatic heterocycles. The number of aromatic amines is 1. The molecule has 1 aromatic heterocycles. The topological polar surface area (TPSA) is 86.3 Å². The zero-order valence-electron chi connectivity index (χ0n) is 10.7. The zero-order valence-corrected chi connectivity index (χ0v) is 11.5. The lowest BCUT2D eigenvalue weighted by atomic mass is 10.2. The number of hydrogen-bond acceptors (Lipinski definition) is 5. The summed E-state index contributed by atoms with van der Waals surface area (Å²) in [5.74, 6) is -0.225. The Morgan fingerprint density at radius 2 is 2.22 bits per heavy atom. The van der Waals surface area contributed by atoms with Gasteiger partial charge in [0.2, 0.25) is 0 Å². The summed E-state index contributed by atoms with van der Waals surface area (Å²) in [5, 5.41) is 9.35. The molecule has 0 saturated heterocycles. The van der Waals surface area contributed by atoms with E-state index in [2.05, 4.69) is 9.97 Å². The number of aliphatic hydroxyl groups excluding tert-OH is 1. The van der Waals surface area contributed by atoms with E-state index in [1.165, 1.54) is 16.7 Å². The Balaban J connectivity index is 3.23. The van der Waals surface area contributed by atoms with Gasteiger partial charge >= 0.3 is 5.69 Å². The Kier molecular flexibility index (Phi) is 5.36. The van der Waals surface area contributed by atoms with Crippen LogP contribution in [0.25, 0.3) is 0 Å². The van der Waals surface area contributed by atoms with Crippen molar-refractivity contribution in [3.05, 3.63) is 21.7 Å². The van der Waals surface area contributed by atoms with E-state index in [1.807, 2.05) is 6.92 Å². The van der Waals surface area contributed by atoms with Gasteiger partial charge in [0, 0.05) is 18.8 Å². The van der Waals surface area contributed by atoms with Gasteiger partial charge in [0.15, 0.2) is 0 Å². The van der Waals surface area contributed by atoms with Crippen molar-refractivity contribution < 1.29 is 9.90 Å². The maximum atomic E-state index is 12.3. The van der Waals surface area contributed by atoms with Crippen LogP contribution in [-0.2, 0) is 0 Å². The van der Waals surface area contributed by atoms with Crippen LogP contribution in [0, 0.1) is 6.92 Å². The van der Waals surface area contributed by atoms with E-state index in [4.69, 9.17) is 5.11 Å². The van der Waals surface area contributed by atoms with Crippen LogP contribution in [0.15, 0.2) is 9.82 Å². The van der Waals surface area contributed by atoms with Crippen LogP contribution >= 0.6 is 11.8 Å². The van der Waals surface area contributed by atoms with Crippen molar-refractivity contribution in [3.63, 3.8) is 0 Å². The number of amides is 1. The van der Waals surface area contributed by atoms with E-state index < -0.39 is 5.69 Å². The summed E-state index contributed by atoms with van der Waals surface area (Å²) in [6.07, 6.45) is 1.76. The van der Waals surface area contributed by atoms with Gasteiger partial charge in [-0.1, -0.05) is 0 Å². The van der Waals surface area contributed by atoms with Gasteiger partial charge in [-0.3, -0.25) is 4.79 Å². The van der Waals surface area contributed by atoms with Crippen LogP contribution in [0.4, 0.5) is 0 Å². The van der Waals surface area contributed by atoms with Crippen molar-refractivity contribution in [2.24, 2.45) is 0 Å². The molecule has 0 atom stereocenters. The highest BCUT2D eigenvalue weighted by molar-refractivity contribution is 7.98. The predicted molar refractivity (Wildman–Crippen MR) is 70.0 cm³/mol. The normalized spacial score (nSPS) is 10.4. The number of hydrogen-bond donors (Lipinski definition) is 2. The largest absolute Gasteiger partial charge is 0.395 e. The molecule has 100 valence electrons. The second-order valence-electron chi connectivity index (χ2n) is 3.66. The molecule has 0 unspecified atom stereocenters. The van der Waals surface area contributed by atoms with Crippen LogP contribution in [0.3, 0.4) is 0 Å². The van der Waals surface area contributed by atoms with Gasteiger partial charge in [0.05, 0.1) is 12.2 Å². The number of nitrogens with zero attached hydrogens (tertiary/aromatic N) is 2. The smallest absolute Gasteiger partial charge is 0.346 e. The van der Waals surface area contributed by atoms with Gasteiger partial charge in [0.25, 0.3) is 5.91 Å². The maximum Gasteiger partial charge on any atom is 0.346 e. The predicted octanol–water partition coefficient (Wildman–Crippen LogP) is 0.255. The van der Waals surface area contributed by atoms with E-state index in [-0.39, 0.29) is 19.1 Å². The third-order valence-corrected chi connectivity index (χ3v) is 3.21. The van der Waals surface area contributed by atoms with E-state index in [0.717, 1.165) is 0 Å². The van der Waals surface area contributed by atoms with Crippen molar-refractivity contribution in [3.8, 4) is 0 Å². The molecule has 7 heteroatoms. The number of carbonyl (C=O) groups is 1. The van der Waals surface area contributed by atoms with Crippen LogP contribution in [0.2, 0.25) is 0 Å². The molecular weight excluding hydrogens is 254 g/mol. The molecule has 0 aliphatic rings. The van der Waals surface area contributed by atoms with Crippen LogP contribution in [0.5, 0.6) is 0 Å². The van der Waals surface area contributed by atoms with Crippen molar-refractivity contribution in [2.45, 2.75) is 18.9 Å².